The maximum absolute atomic E-state index is 9.80. The summed E-state index contributed by atoms with van der Waals surface area (Å²) in [4.78, 5) is 2.55. The van der Waals surface area contributed by atoms with Crippen molar-refractivity contribution in [3.63, 3.8) is 0 Å². The summed E-state index contributed by atoms with van der Waals surface area (Å²) in [6.45, 7) is 6.22. The largest absolute Gasteiger partial charge is 0.393 e. The Bertz CT molecular complexity index is 210. The fourth-order valence-corrected chi connectivity index (χ4v) is 3.05. The van der Waals surface area contributed by atoms with Gasteiger partial charge < -0.3 is 9.84 Å². The molecule has 1 aliphatic heterocycles. The van der Waals surface area contributed by atoms with Crippen LogP contribution in [-0.2, 0) is 4.74 Å². The van der Waals surface area contributed by atoms with E-state index in [1.165, 1.54) is 19.3 Å². The molecule has 1 N–H and O–H groups in total. The van der Waals surface area contributed by atoms with Gasteiger partial charge in [-0.1, -0.05) is 13.3 Å². The number of hydrogen-bond donors (Lipinski definition) is 1. The Balaban J connectivity index is 1.75. The Kier molecular flexibility index (Phi) is 4.62. The minimum absolute atomic E-state index is 0.0267. The molecule has 0 aromatic carbocycles. The third-order valence-corrected chi connectivity index (χ3v) is 4.23. The van der Waals surface area contributed by atoms with Crippen molar-refractivity contribution in [2.75, 3.05) is 26.3 Å². The monoisotopic (exact) mass is 227 g/mol. The Morgan fingerprint density at radius 2 is 2.25 bits per heavy atom. The average molecular weight is 227 g/mol. The number of hydrogen-bond acceptors (Lipinski definition) is 3. The molecule has 3 heteroatoms. The molecule has 3 unspecified atom stereocenters. The van der Waals surface area contributed by atoms with Crippen molar-refractivity contribution < 1.29 is 9.84 Å². The highest BCUT2D eigenvalue weighted by Crippen LogP contribution is 2.28. The molecular weight excluding hydrogens is 202 g/mol. The first-order valence-electron chi connectivity index (χ1n) is 6.81. The standard InChI is InChI=1S/C13H25NO2/c1-2-12-10-16-9-8-14(12)7-6-11-4-3-5-13(11)15/h11-13,15H,2-10H2,1H3. The lowest BCUT2D eigenvalue weighted by molar-refractivity contribution is -0.0131. The Morgan fingerprint density at radius 1 is 1.38 bits per heavy atom. The molecule has 3 atom stereocenters. The minimum Gasteiger partial charge on any atom is -0.393 e. The summed E-state index contributed by atoms with van der Waals surface area (Å²) in [6.07, 6.45) is 5.77. The van der Waals surface area contributed by atoms with E-state index < -0.39 is 0 Å². The van der Waals surface area contributed by atoms with Crippen molar-refractivity contribution in [3.8, 4) is 0 Å². The van der Waals surface area contributed by atoms with Crippen LogP contribution in [-0.4, -0.2) is 48.5 Å². The van der Waals surface area contributed by atoms with Crippen molar-refractivity contribution in [1.82, 2.24) is 4.90 Å². The lowest BCUT2D eigenvalue weighted by Crippen LogP contribution is -2.45. The molecule has 16 heavy (non-hydrogen) atoms. The van der Waals surface area contributed by atoms with E-state index in [9.17, 15) is 5.11 Å². The molecule has 3 nitrogen and oxygen atoms in total. The van der Waals surface area contributed by atoms with Crippen molar-refractivity contribution >= 4 is 0 Å². The molecule has 1 saturated heterocycles. The maximum atomic E-state index is 9.80. The summed E-state index contributed by atoms with van der Waals surface area (Å²) in [5.41, 5.74) is 0. The van der Waals surface area contributed by atoms with Crippen LogP contribution >= 0.6 is 0 Å². The van der Waals surface area contributed by atoms with Gasteiger partial charge in [-0.3, -0.25) is 4.90 Å². The summed E-state index contributed by atoms with van der Waals surface area (Å²) >= 11 is 0. The van der Waals surface area contributed by atoms with E-state index in [2.05, 4.69) is 11.8 Å². The third-order valence-electron chi connectivity index (χ3n) is 4.23. The van der Waals surface area contributed by atoms with Gasteiger partial charge >= 0.3 is 0 Å². The molecular formula is C13H25NO2. The summed E-state index contributed by atoms with van der Waals surface area (Å²) < 4.78 is 5.51. The SMILES string of the molecule is CCC1COCCN1CCC1CCCC1O. The summed E-state index contributed by atoms with van der Waals surface area (Å²) in [5.74, 6) is 0.556. The number of rotatable bonds is 4. The molecule has 0 aromatic heterocycles. The fourth-order valence-electron chi connectivity index (χ4n) is 3.05. The number of aliphatic hydroxyl groups is 1. The van der Waals surface area contributed by atoms with Crippen molar-refractivity contribution in [3.05, 3.63) is 0 Å². The van der Waals surface area contributed by atoms with Crippen LogP contribution in [0, 0.1) is 5.92 Å². The van der Waals surface area contributed by atoms with Gasteiger partial charge in [0.2, 0.25) is 0 Å². The van der Waals surface area contributed by atoms with E-state index in [1.807, 2.05) is 0 Å². The molecule has 2 rings (SSSR count). The molecule has 0 aromatic rings. The zero-order valence-electron chi connectivity index (χ0n) is 10.4. The summed E-state index contributed by atoms with van der Waals surface area (Å²) in [5, 5.41) is 9.80. The number of ether oxygens (including phenoxy) is 1. The van der Waals surface area contributed by atoms with Gasteiger partial charge in [-0.25, -0.2) is 0 Å². The van der Waals surface area contributed by atoms with Gasteiger partial charge in [-0.15, -0.1) is 0 Å². The first kappa shape index (κ1) is 12.3. The van der Waals surface area contributed by atoms with Crippen LogP contribution in [0.15, 0.2) is 0 Å². The molecule has 94 valence electrons. The zero-order chi connectivity index (χ0) is 11.4. The molecule has 1 aliphatic carbocycles. The van der Waals surface area contributed by atoms with Crippen LogP contribution in [0.3, 0.4) is 0 Å². The summed E-state index contributed by atoms with van der Waals surface area (Å²) in [6, 6.07) is 0.604. The average Bonchev–Trinajstić information content (AvgIpc) is 2.72. The van der Waals surface area contributed by atoms with Crippen molar-refractivity contribution in [2.45, 2.75) is 51.2 Å². The molecule has 0 spiro atoms. The van der Waals surface area contributed by atoms with E-state index in [4.69, 9.17) is 4.74 Å². The highest BCUT2D eigenvalue weighted by Gasteiger charge is 2.27. The smallest absolute Gasteiger partial charge is 0.0622 e. The van der Waals surface area contributed by atoms with Crippen LogP contribution in [0.1, 0.15) is 39.0 Å². The highest BCUT2D eigenvalue weighted by molar-refractivity contribution is 4.80. The van der Waals surface area contributed by atoms with E-state index >= 15 is 0 Å². The second kappa shape index (κ2) is 5.99. The van der Waals surface area contributed by atoms with Gasteiger partial charge in [0.15, 0.2) is 0 Å². The lowest BCUT2D eigenvalue weighted by Gasteiger charge is -2.35. The predicted molar refractivity (Wildman–Crippen MR) is 64.4 cm³/mol. The second-order valence-corrected chi connectivity index (χ2v) is 5.22. The molecule has 0 radical (unpaired) electrons. The topological polar surface area (TPSA) is 32.7 Å². The first-order chi connectivity index (χ1) is 7.81. The van der Waals surface area contributed by atoms with Crippen LogP contribution in [0.4, 0.5) is 0 Å². The van der Waals surface area contributed by atoms with Crippen LogP contribution < -0.4 is 0 Å². The van der Waals surface area contributed by atoms with Gasteiger partial charge in [0.1, 0.15) is 0 Å². The van der Waals surface area contributed by atoms with Crippen molar-refractivity contribution in [2.24, 2.45) is 5.92 Å². The maximum Gasteiger partial charge on any atom is 0.0622 e. The zero-order valence-corrected chi connectivity index (χ0v) is 10.4. The Morgan fingerprint density at radius 3 is 2.94 bits per heavy atom. The Labute approximate surface area is 98.8 Å². The van der Waals surface area contributed by atoms with Crippen LogP contribution in [0.5, 0.6) is 0 Å². The van der Waals surface area contributed by atoms with Gasteiger partial charge in [-0.2, -0.15) is 0 Å². The Hall–Kier alpha value is -0.120. The molecule has 2 aliphatic rings. The van der Waals surface area contributed by atoms with E-state index in [0.29, 0.717) is 12.0 Å². The predicted octanol–water partition coefficient (Wildman–Crippen LogP) is 1.65. The fraction of sp³-hybridized carbons (Fsp3) is 1.00. The molecule has 1 saturated carbocycles. The quantitative estimate of drug-likeness (QED) is 0.792. The molecule has 1 heterocycles. The lowest BCUT2D eigenvalue weighted by atomic mass is 10.0. The third kappa shape index (κ3) is 2.96. The highest BCUT2D eigenvalue weighted by atomic mass is 16.5. The number of morpholine rings is 1. The second-order valence-electron chi connectivity index (χ2n) is 5.22. The van der Waals surface area contributed by atoms with Crippen LogP contribution in [0.2, 0.25) is 0 Å². The molecule has 0 amide bonds. The first-order valence-corrected chi connectivity index (χ1v) is 6.81. The summed E-state index contributed by atoms with van der Waals surface area (Å²) in [7, 11) is 0. The normalized spacial score (nSPS) is 36.8. The van der Waals surface area contributed by atoms with E-state index in [0.717, 1.165) is 39.1 Å². The number of nitrogens with zero attached hydrogens (tertiary/aromatic N) is 1. The van der Waals surface area contributed by atoms with Gasteiger partial charge in [0.05, 0.1) is 19.3 Å². The molecule has 2 fully saturated rings. The van der Waals surface area contributed by atoms with Gasteiger partial charge in [0, 0.05) is 12.6 Å². The number of aliphatic hydroxyl groups excluding tert-OH is 1. The minimum atomic E-state index is -0.0267. The van der Waals surface area contributed by atoms with Crippen molar-refractivity contribution in [1.29, 1.82) is 0 Å². The van der Waals surface area contributed by atoms with Gasteiger partial charge in [0.25, 0.3) is 0 Å². The van der Waals surface area contributed by atoms with E-state index in [-0.39, 0.29) is 6.10 Å². The molecule has 0 bridgehead atoms. The van der Waals surface area contributed by atoms with Crippen LogP contribution in [0.25, 0.3) is 0 Å². The van der Waals surface area contributed by atoms with E-state index in [1.54, 1.807) is 0 Å². The van der Waals surface area contributed by atoms with Gasteiger partial charge in [-0.05, 0) is 38.1 Å².